The summed E-state index contributed by atoms with van der Waals surface area (Å²) in [6.45, 7) is 2.17. The van der Waals surface area contributed by atoms with E-state index in [1.807, 2.05) is 36.7 Å². The first-order valence-corrected chi connectivity index (χ1v) is 11.0. The Kier molecular flexibility index (Phi) is 7.62. The van der Waals surface area contributed by atoms with Crippen molar-refractivity contribution in [1.82, 2.24) is 20.1 Å². The van der Waals surface area contributed by atoms with Gasteiger partial charge in [0.1, 0.15) is 12.4 Å². The summed E-state index contributed by atoms with van der Waals surface area (Å²) in [6.07, 6.45) is 7.10. The lowest BCUT2D eigenvalue weighted by Crippen LogP contribution is -2.39. The summed E-state index contributed by atoms with van der Waals surface area (Å²) in [5.41, 5.74) is 0. The summed E-state index contributed by atoms with van der Waals surface area (Å²) < 4.78 is 7.60. The summed E-state index contributed by atoms with van der Waals surface area (Å²) in [5, 5.41) is 12.6. The molecule has 0 saturated heterocycles. The average Bonchev–Trinajstić information content (AvgIpc) is 2.87. The number of rotatable bonds is 7. The molecule has 0 spiro atoms. The van der Waals surface area contributed by atoms with E-state index in [2.05, 4.69) is 15.5 Å². The van der Waals surface area contributed by atoms with Gasteiger partial charge in [0.2, 0.25) is 5.91 Å². The Balaban J connectivity index is 1.54. The Labute approximate surface area is 175 Å². The number of halogens is 1. The number of hydrogen-bond acceptors (Lipinski definition) is 5. The number of aromatic nitrogens is 3. The summed E-state index contributed by atoms with van der Waals surface area (Å²) in [5.74, 6) is 1.35. The van der Waals surface area contributed by atoms with Gasteiger partial charge in [-0.2, -0.15) is 0 Å². The minimum atomic E-state index is -0.233. The lowest BCUT2D eigenvalue weighted by atomic mass is 10.1. The molecule has 1 aromatic heterocycles. The number of nitrogens with zero attached hydrogens (tertiary/aromatic N) is 3. The summed E-state index contributed by atoms with van der Waals surface area (Å²) in [7, 11) is 1.88. The molecule has 152 valence electrons. The van der Waals surface area contributed by atoms with E-state index in [1.165, 1.54) is 37.4 Å². The van der Waals surface area contributed by atoms with Crippen LogP contribution in [0.3, 0.4) is 0 Å². The highest BCUT2D eigenvalue weighted by Crippen LogP contribution is 2.26. The molecule has 2 aromatic rings. The zero-order chi connectivity index (χ0) is 19.9. The first-order valence-electron chi connectivity index (χ1n) is 9.77. The average molecular weight is 423 g/mol. The maximum Gasteiger partial charge on any atom is 0.233 e. The SMILES string of the molecule is C[C@@H](Sc1nnc(COc2ccccc2Cl)n1C)C(=O)NC1CCCCCC1. The molecule has 0 radical (unpaired) electrons. The molecular weight excluding hydrogens is 396 g/mol. The van der Waals surface area contributed by atoms with Crippen LogP contribution in [0.2, 0.25) is 5.02 Å². The van der Waals surface area contributed by atoms with E-state index in [0.29, 0.717) is 27.8 Å². The van der Waals surface area contributed by atoms with E-state index in [1.54, 1.807) is 6.07 Å². The van der Waals surface area contributed by atoms with Crippen molar-refractivity contribution in [1.29, 1.82) is 0 Å². The van der Waals surface area contributed by atoms with Crippen molar-refractivity contribution < 1.29 is 9.53 Å². The highest BCUT2D eigenvalue weighted by atomic mass is 35.5. The van der Waals surface area contributed by atoms with Crippen LogP contribution in [0.15, 0.2) is 29.4 Å². The fraction of sp³-hybridized carbons (Fsp3) is 0.550. The number of ether oxygens (including phenoxy) is 1. The lowest BCUT2D eigenvalue weighted by molar-refractivity contribution is -0.121. The van der Waals surface area contributed by atoms with Crippen LogP contribution in [0.4, 0.5) is 0 Å². The van der Waals surface area contributed by atoms with Gasteiger partial charge in [0.15, 0.2) is 11.0 Å². The first-order chi connectivity index (χ1) is 13.5. The molecule has 28 heavy (non-hydrogen) atoms. The molecule has 0 bridgehead atoms. The standard InChI is InChI=1S/C20H27ClN4O2S/c1-14(19(26)22-15-9-5-3-4-6-10-15)28-20-24-23-18(25(20)2)13-27-17-12-8-7-11-16(17)21/h7-8,11-12,14-15H,3-6,9-10,13H2,1-2H3,(H,22,26)/t14-/m1/s1. The van der Waals surface area contributed by atoms with Crippen LogP contribution >= 0.6 is 23.4 Å². The molecule has 1 amide bonds. The molecule has 3 rings (SSSR count). The third-order valence-corrected chi connectivity index (χ3v) is 6.42. The van der Waals surface area contributed by atoms with E-state index in [9.17, 15) is 4.79 Å². The molecule has 0 aliphatic heterocycles. The predicted molar refractivity (Wildman–Crippen MR) is 112 cm³/mol. The Hall–Kier alpha value is -1.73. The second-order valence-electron chi connectivity index (χ2n) is 7.13. The highest BCUT2D eigenvalue weighted by Gasteiger charge is 2.22. The third-order valence-electron chi connectivity index (χ3n) is 4.97. The van der Waals surface area contributed by atoms with Crippen molar-refractivity contribution in [3.05, 3.63) is 35.1 Å². The number of carbonyl (C=O) groups excluding carboxylic acids is 1. The van der Waals surface area contributed by atoms with Gasteiger partial charge in [0.25, 0.3) is 0 Å². The molecule has 0 unspecified atom stereocenters. The predicted octanol–water partition coefficient (Wildman–Crippen LogP) is 4.37. The van der Waals surface area contributed by atoms with Gasteiger partial charge in [-0.3, -0.25) is 4.79 Å². The van der Waals surface area contributed by atoms with E-state index in [0.717, 1.165) is 12.8 Å². The summed E-state index contributed by atoms with van der Waals surface area (Å²) in [6, 6.07) is 7.62. The summed E-state index contributed by atoms with van der Waals surface area (Å²) in [4.78, 5) is 12.6. The van der Waals surface area contributed by atoms with Crippen LogP contribution in [0.1, 0.15) is 51.3 Å². The van der Waals surface area contributed by atoms with Crippen LogP contribution in [0.25, 0.3) is 0 Å². The topological polar surface area (TPSA) is 69.0 Å². The number of thioether (sulfide) groups is 1. The molecule has 1 heterocycles. The number of amides is 1. The molecule has 6 nitrogen and oxygen atoms in total. The van der Waals surface area contributed by atoms with Gasteiger partial charge >= 0.3 is 0 Å². The molecule has 8 heteroatoms. The second-order valence-corrected chi connectivity index (χ2v) is 8.85. The first kappa shape index (κ1) is 21.0. The van der Waals surface area contributed by atoms with Gasteiger partial charge in [-0.1, -0.05) is 61.2 Å². The van der Waals surface area contributed by atoms with Gasteiger partial charge in [0, 0.05) is 13.1 Å². The van der Waals surface area contributed by atoms with Gasteiger partial charge in [-0.05, 0) is 31.9 Å². The molecule has 1 N–H and O–H groups in total. The smallest absolute Gasteiger partial charge is 0.233 e. The fourth-order valence-electron chi connectivity index (χ4n) is 3.23. The van der Waals surface area contributed by atoms with E-state index < -0.39 is 0 Å². The van der Waals surface area contributed by atoms with Crippen molar-refractivity contribution in [3.8, 4) is 5.75 Å². The lowest BCUT2D eigenvalue weighted by Gasteiger charge is -2.19. The molecule has 1 fully saturated rings. The van der Waals surface area contributed by atoms with Crippen molar-refractivity contribution in [2.24, 2.45) is 7.05 Å². The monoisotopic (exact) mass is 422 g/mol. The van der Waals surface area contributed by atoms with Gasteiger partial charge in [-0.15, -0.1) is 10.2 Å². The molecule has 1 aliphatic carbocycles. The molecular formula is C20H27ClN4O2S. The van der Waals surface area contributed by atoms with E-state index in [-0.39, 0.29) is 17.8 Å². The van der Waals surface area contributed by atoms with Crippen LogP contribution in [0.5, 0.6) is 5.75 Å². The Bertz CT molecular complexity index is 790. The van der Waals surface area contributed by atoms with Gasteiger partial charge < -0.3 is 14.6 Å². The minimum absolute atomic E-state index is 0.0637. The number of para-hydroxylation sites is 1. The molecule has 1 atom stereocenters. The minimum Gasteiger partial charge on any atom is -0.484 e. The van der Waals surface area contributed by atoms with Gasteiger partial charge in [0.05, 0.1) is 10.3 Å². The normalized spacial score (nSPS) is 16.4. The number of nitrogens with one attached hydrogen (secondary N) is 1. The largest absolute Gasteiger partial charge is 0.484 e. The van der Waals surface area contributed by atoms with Crippen LogP contribution < -0.4 is 10.1 Å². The van der Waals surface area contributed by atoms with E-state index >= 15 is 0 Å². The zero-order valence-corrected chi connectivity index (χ0v) is 17.9. The molecule has 1 aromatic carbocycles. The number of benzene rings is 1. The Morgan fingerprint density at radius 3 is 2.71 bits per heavy atom. The molecule has 1 aliphatic rings. The quantitative estimate of drug-likeness (QED) is 0.530. The van der Waals surface area contributed by atoms with Crippen molar-refractivity contribution >= 4 is 29.3 Å². The summed E-state index contributed by atoms with van der Waals surface area (Å²) >= 11 is 7.53. The molecule has 1 saturated carbocycles. The van der Waals surface area contributed by atoms with E-state index in [4.69, 9.17) is 16.3 Å². The maximum absolute atomic E-state index is 12.6. The fourth-order valence-corrected chi connectivity index (χ4v) is 4.26. The van der Waals surface area contributed by atoms with Crippen molar-refractivity contribution in [2.45, 2.75) is 68.5 Å². The van der Waals surface area contributed by atoms with Crippen LogP contribution in [0, 0.1) is 0 Å². The Morgan fingerprint density at radius 1 is 1.29 bits per heavy atom. The van der Waals surface area contributed by atoms with Gasteiger partial charge in [-0.25, -0.2) is 0 Å². The third kappa shape index (κ3) is 5.64. The highest BCUT2D eigenvalue weighted by molar-refractivity contribution is 8.00. The maximum atomic E-state index is 12.6. The zero-order valence-electron chi connectivity index (χ0n) is 16.4. The van der Waals surface area contributed by atoms with Crippen molar-refractivity contribution in [2.75, 3.05) is 0 Å². The second kappa shape index (κ2) is 10.2. The van der Waals surface area contributed by atoms with Crippen molar-refractivity contribution in [3.63, 3.8) is 0 Å². The number of carbonyl (C=O) groups is 1. The number of hydrogen-bond donors (Lipinski definition) is 1. The Morgan fingerprint density at radius 2 is 2.00 bits per heavy atom. The van der Waals surface area contributed by atoms with Crippen LogP contribution in [-0.2, 0) is 18.4 Å². The van der Waals surface area contributed by atoms with Crippen LogP contribution in [-0.4, -0.2) is 32.0 Å².